The molecule has 2 rings (SSSR count). The maximum absolute atomic E-state index is 11.9. The number of ether oxygens (including phenoxy) is 1. The Hall–Kier alpha value is -2.55. The first kappa shape index (κ1) is 17.8. The van der Waals surface area contributed by atoms with E-state index in [9.17, 15) is 4.79 Å². The van der Waals surface area contributed by atoms with Crippen molar-refractivity contribution in [1.29, 1.82) is 0 Å². The van der Waals surface area contributed by atoms with Crippen molar-refractivity contribution in [1.82, 2.24) is 25.5 Å². The number of hydrogen-bond acceptors (Lipinski definition) is 6. The molecule has 24 heavy (non-hydrogen) atoms. The highest BCUT2D eigenvalue weighted by Crippen LogP contribution is 2.16. The van der Waals surface area contributed by atoms with Gasteiger partial charge in [0.25, 0.3) is 5.91 Å². The Kier molecular flexibility index (Phi) is 6.19. The van der Waals surface area contributed by atoms with E-state index in [0.717, 1.165) is 12.0 Å². The van der Waals surface area contributed by atoms with Gasteiger partial charge in [-0.3, -0.25) is 15.4 Å². The molecule has 0 aliphatic heterocycles. The first-order chi connectivity index (χ1) is 11.5. The predicted molar refractivity (Wildman–Crippen MR) is 93.9 cm³/mol. The lowest BCUT2D eigenvalue weighted by Gasteiger charge is -2.10. The van der Waals surface area contributed by atoms with E-state index >= 15 is 0 Å². The van der Waals surface area contributed by atoms with Gasteiger partial charge in [-0.25, -0.2) is 4.68 Å². The number of nitrogens with zero attached hydrogens (tertiary/aromatic N) is 4. The molecule has 0 aliphatic rings. The average molecular weight is 348 g/mol. The number of aromatic nitrogens is 4. The van der Waals surface area contributed by atoms with Crippen LogP contribution in [0.3, 0.4) is 0 Å². The molecule has 0 saturated carbocycles. The van der Waals surface area contributed by atoms with Crippen LogP contribution in [0.2, 0.25) is 0 Å². The van der Waals surface area contributed by atoms with Crippen LogP contribution in [0, 0.1) is 13.8 Å². The molecular weight excluding hydrogens is 328 g/mol. The minimum Gasteiger partial charge on any atom is -0.484 e. The largest absolute Gasteiger partial charge is 0.484 e. The molecule has 0 aliphatic carbocycles. The van der Waals surface area contributed by atoms with Crippen molar-refractivity contribution in [3.8, 4) is 5.75 Å². The molecule has 0 fully saturated rings. The van der Waals surface area contributed by atoms with Gasteiger partial charge in [0, 0.05) is 6.54 Å². The first-order valence-electron chi connectivity index (χ1n) is 7.56. The summed E-state index contributed by atoms with van der Waals surface area (Å²) in [5.74, 6) is 0.663. The van der Waals surface area contributed by atoms with E-state index in [0.29, 0.717) is 18.2 Å². The number of aryl methyl sites for hydroxylation is 3. The van der Waals surface area contributed by atoms with E-state index in [1.807, 2.05) is 39.0 Å². The Morgan fingerprint density at radius 1 is 1.33 bits per heavy atom. The summed E-state index contributed by atoms with van der Waals surface area (Å²) in [7, 11) is 0. The second kappa shape index (κ2) is 8.34. The highest BCUT2D eigenvalue weighted by Gasteiger charge is 2.10. The average Bonchev–Trinajstić information content (AvgIpc) is 2.96. The maximum Gasteiger partial charge on any atom is 0.264 e. The lowest BCUT2D eigenvalue weighted by atomic mass is 10.1. The molecule has 1 aromatic carbocycles. The summed E-state index contributed by atoms with van der Waals surface area (Å²) in [6.45, 7) is 6.53. The SMILES string of the molecule is CCCn1nnnc1NC(=S)NC(=O)COc1ccc(C)c(C)c1. The third-order valence-corrected chi connectivity index (χ3v) is 3.50. The fraction of sp³-hybridized carbons (Fsp3) is 0.400. The summed E-state index contributed by atoms with van der Waals surface area (Å²) in [5, 5.41) is 16.7. The lowest BCUT2D eigenvalue weighted by molar-refractivity contribution is -0.121. The van der Waals surface area contributed by atoms with Gasteiger partial charge in [0.1, 0.15) is 5.75 Å². The van der Waals surface area contributed by atoms with Crippen molar-refractivity contribution in [3.63, 3.8) is 0 Å². The van der Waals surface area contributed by atoms with Gasteiger partial charge in [0.15, 0.2) is 11.7 Å². The standard InChI is InChI=1S/C15H20N6O2S/c1-4-7-21-14(18-19-20-21)17-15(24)16-13(22)9-23-12-6-5-10(2)11(3)8-12/h5-6,8H,4,7,9H2,1-3H3,(H2,16,17,18,20,22,24). The van der Waals surface area contributed by atoms with Gasteiger partial charge in [-0.05, 0) is 66.2 Å². The third-order valence-electron chi connectivity index (χ3n) is 3.29. The molecular formula is C15H20N6O2S. The van der Waals surface area contributed by atoms with E-state index in [4.69, 9.17) is 17.0 Å². The maximum atomic E-state index is 11.9. The zero-order valence-electron chi connectivity index (χ0n) is 13.9. The quantitative estimate of drug-likeness (QED) is 0.766. The summed E-state index contributed by atoms with van der Waals surface area (Å²) in [5.41, 5.74) is 2.27. The lowest BCUT2D eigenvalue weighted by Crippen LogP contribution is -2.37. The zero-order valence-corrected chi connectivity index (χ0v) is 14.7. The third kappa shape index (κ3) is 4.98. The number of tetrazole rings is 1. The monoisotopic (exact) mass is 348 g/mol. The molecule has 0 atom stereocenters. The number of hydrogen-bond donors (Lipinski definition) is 2. The van der Waals surface area contributed by atoms with Crippen LogP contribution in [0.4, 0.5) is 5.95 Å². The Balaban J connectivity index is 1.82. The van der Waals surface area contributed by atoms with Crippen LogP contribution in [-0.4, -0.2) is 37.8 Å². The summed E-state index contributed by atoms with van der Waals surface area (Å²) in [4.78, 5) is 11.9. The van der Waals surface area contributed by atoms with Crippen LogP contribution >= 0.6 is 12.2 Å². The second-order valence-electron chi connectivity index (χ2n) is 5.26. The number of carbonyl (C=O) groups excluding carboxylic acids is 1. The second-order valence-corrected chi connectivity index (χ2v) is 5.67. The van der Waals surface area contributed by atoms with Gasteiger partial charge < -0.3 is 4.74 Å². The minimum absolute atomic E-state index is 0.121. The number of amides is 1. The molecule has 1 aromatic heterocycles. The van der Waals surface area contributed by atoms with Gasteiger partial charge >= 0.3 is 0 Å². The molecule has 0 saturated heterocycles. The number of anilines is 1. The molecule has 2 aromatic rings. The number of rotatable bonds is 6. The number of thiocarbonyl (C=S) groups is 1. The van der Waals surface area contributed by atoms with Crippen LogP contribution in [-0.2, 0) is 11.3 Å². The van der Waals surface area contributed by atoms with Crippen LogP contribution < -0.4 is 15.4 Å². The van der Waals surface area contributed by atoms with Crippen molar-refractivity contribution < 1.29 is 9.53 Å². The van der Waals surface area contributed by atoms with Gasteiger partial charge in [-0.1, -0.05) is 18.1 Å². The molecule has 0 bridgehead atoms. The van der Waals surface area contributed by atoms with Crippen molar-refractivity contribution in [2.24, 2.45) is 0 Å². The topological polar surface area (TPSA) is 94.0 Å². The first-order valence-corrected chi connectivity index (χ1v) is 7.97. The van der Waals surface area contributed by atoms with E-state index in [1.165, 1.54) is 5.56 Å². The van der Waals surface area contributed by atoms with Crippen molar-refractivity contribution in [2.45, 2.75) is 33.7 Å². The molecule has 0 radical (unpaired) electrons. The van der Waals surface area contributed by atoms with Crippen LogP contribution in [0.1, 0.15) is 24.5 Å². The van der Waals surface area contributed by atoms with Crippen molar-refractivity contribution >= 4 is 29.2 Å². The molecule has 2 N–H and O–H groups in total. The highest BCUT2D eigenvalue weighted by molar-refractivity contribution is 7.80. The van der Waals surface area contributed by atoms with Crippen LogP contribution in [0.5, 0.6) is 5.75 Å². The van der Waals surface area contributed by atoms with E-state index < -0.39 is 0 Å². The number of nitrogens with one attached hydrogen (secondary N) is 2. The smallest absolute Gasteiger partial charge is 0.264 e. The van der Waals surface area contributed by atoms with Gasteiger partial charge in [-0.2, -0.15) is 0 Å². The molecule has 9 heteroatoms. The molecule has 0 unspecified atom stereocenters. The fourth-order valence-electron chi connectivity index (χ4n) is 1.90. The van der Waals surface area contributed by atoms with E-state index in [-0.39, 0.29) is 17.6 Å². The van der Waals surface area contributed by atoms with Crippen LogP contribution in [0.15, 0.2) is 18.2 Å². The summed E-state index contributed by atoms with van der Waals surface area (Å²) in [6, 6.07) is 5.66. The van der Waals surface area contributed by atoms with Gasteiger partial charge in [0.2, 0.25) is 5.95 Å². The molecule has 0 spiro atoms. The Bertz CT molecular complexity index is 731. The molecule has 8 nitrogen and oxygen atoms in total. The Morgan fingerprint density at radius 3 is 2.83 bits per heavy atom. The van der Waals surface area contributed by atoms with E-state index in [2.05, 4.69) is 26.2 Å². The normalized spacial score (nSPS) is 10.3. The van der Waals surface area contributed by atoms with E-state index in [1.54, 1.807) is 4.68 Å². The summed E-state index contributed by atoms with van der Waals surface area (Å²) >= 11 is 5.08. The zero-order chi connectivity index (χ0) is 17.5. The van der Waals surface area contributed by atoms with Crippen molar-refractivity contribution in [3.05, 3.63) is 29.3 Å². The summed E-state index contributed by atoms with van der Waals surface area (Å²) in [6.07, 6.45) is 0.878. The number of benzene rings is 1. The highest BCUT2D eigenvalue weighted by atomic mass is 32.1. The van der Waals surface area contributed by atoms with Gasteiger partial charge in [0.05, 0.1) is 0 Å². The Morgan fingerprint density at radius 2 is 2.12 bits per heavy atom. The predicted octanol–water partition coefficient (Wildman–Crippen LogP) is 1.59. The Labute approximate surface area is 145 Å². The minimum atomic E-state index is -0.361. The van der Waals surface area contributed by atoms with Gasteiger partial charge in [-0.15, -0.1) is 0 Å². The fourth-order valence-corrected chi connectivity index (χ4v) is 2.11. The van der Waals surface area contributed by atoms with Crippen molar-refractivity contribution in [2.75, 3.05) is 11.9 Å². The molecule has 1 amide bonds. The summed E-state index contributed by atoms with van der Waals surface area (Å²) < 4.78 is 7.03. The molecule has 1 heterocycles. The number of carbonyl (C=O) groups is 1. The van der Waals surface area contributed by atoms with Crippen LogP contribution in [0.25, 0.3) is 0 Å². The molecule has 128 valence electrons.